The number of hydrogen-bond donors (Lipinski definition) is 5. The van der Waals surface area contributed by atoms with Gasteiger partial charge in [-0.1, -0.05) is 6.07 Å². The van der Waals surface area contributed by atoms with Crippen LogP contribution in [-0.4, -0.2) is 75.2 Å². The maximum Gasteiger partial charge on any atom is 0.186 e. The number of benzene rings is 1. The number of carbonyl (C=O) groups excluding carboxylic acids is 1. The highest BCUT2D eigenvalue weighted by atomic mass is 16.7. The maximum absolute atomic E-state index is 12.8. The molecule has 1 saturated heterocycles. The number of aliphatic hydroxyl groups excluding tert-OH is 5. The normalized spacial score (nSPS) is 33.8. The predicted octanol–water partition coefficient (Wildman–Crippen LogP) is -0.0817. The molecule has 1 aliphatic carbocycles. The van der Waals surface area contributed by atoms with Crippen molar-refractivity contribution in [3.05, 3.63) is 33.9 Å². The van der Waals surface area contributed by atoms with Gasteiger partial charge in [0.25, 0.3) is 0 Å². The topological polar surface area (TPSA) is 137 Å². The Bertz CT molecular complexity index is 787. The third-order valence-corrected chi connectivity index (χ3v) is 6.24. The average molecular weight is 410 g/mol. The highest BCUT2D eigenvalue weighted by Gasteiger charge is 2.47. The quantitative estimate of drug-likeness (QED) is 0.455. The summed E-state index contributed by atoms with van der Waals surface area (Å²) in [6, 6.07) is 1.84. The lowest BCUT2D eigenvalue weighted by Gasteiger charge is -2.39. The van der Waals surface area contributed by atoms with Crippen molar-refractivity contribution in [3.8, 4) is 0 Å². The molecule has 0 amide bonds. The fraction of sp³-hybridized carbons (Fsp3) is 0.667. The van der Waals surface area contributed by atoms with Crippen molar-refractivity contribution in [2.75, 3.05) is 13.2 Å². The largest absolute Gasteiger partial charge is 0.394 e. The first kappa shape index (κ1) is 22.3. The minimum Gasteiger partial charge on any atom is -0.394 e. The minimum atomic E-state index is -1.49. The summed E-state index contributed by atoms with van der Waals surface area (Å²) < 4.78 is 10.9. The molecule has 162 valence electrons. The van der Waals surface area contributed by atoms with Gasteiger partial charge in [0.15, 0.2) is 12.1 Å². The zero-order valence-electron chi connectivity index (χ0n) is 17.1. The third kappa shape index (κ3) is 3.63. The molecule has 2 aliphatic rings. The molecular weight excluding hydrogens is 380 g/mol. The number of ketones is 1. The van der Waals surface area contributed by atoms with Crippen molar-refractivity contribution in [1.82, 2.24) is 0 Å². The van der Waals surface area contributed by atoms with Crippen LogP contribution < -0.4 is 0 Å². The van der Waals surface area contributed by atoms with Gasteiger partial charge < -0.3 is 35.0 Å². The SMILES string of the molecule is Cc1cc2c(c(C)c1CCO[C@H]1O[C@H](CO)[C@@H](O)[C@H](O)[C@H]1O)C(=O)C(C)(C)[C@H]2O. The number of fused-ring (bicyclic) bond motifs is 1. The molecule has 8 nitrogen and oxygen atoms in total. The Balaban J connectivity index is 1.74. The average Bonchev–Trinajstić information content (AvgIpc) is 2.84. The summed E-state index contributed by atoms with van der Waals surface area (Å²) in [5.74, 6) is -0.0893. The van der Waals surface area contributed by atoms with Gasteiger partial charge >= 0.3 is 0 Å². The molecule has 3 rings (SSSR count). The first-order chi connectivity index (χ1) is 13.5. The fourth-order valence-electron chi connectivity index (χ4n) is 4.27. The molecule has 1 heterocycles. The van der Waals surface area contributed by atoms with Gasteiger partial charge in [0.1, 0.15) is 24.4 Å². The Morgan fingerprint density at radius 1 is 1.10 bits per heavy atom. The molecule has 1 aromatic rings. The standard InChI is InChI=1S/C21H30O8/c1-9-7-12-14(19(27)21(3,4)18(12)26)10(2)11(9)5-6-28-20-17(25)16(24)15(23)13(8-22)29-20/h7,13,15-18,20,22-26H,5-6,8H2,1-4H3/t13-,15-,16+,17-,18+,20+/m1/s1. The van der Waals surface area contributed by atoms with E-state index in [9.17, 15) is 30.3 Å². The summed E-state index contributed by atoms with van der Waals surface area (Å²) in [6.45, 7) is 6.82. The molecule has 0 bridgehead atoms. The second-order valence-corrected chi connectivity index (χ2v) is 8.53. The van der Waals surface area contributed by atoms with Crippen LogP contribution in [0.5, 0.6) is 0 Å². The van der Waals surface area contributed by atoms with Crippen molar-refractivity contribution in [3.63, 3.8) is 0 Å². The van der Waals surface area contributed by atoms with Gasteiger partial charge in [-0.2, -0.15) is 0 Å². The van der Waals surface area contributed by atoms with Gasteiger partial charge in [-0.15, -0.1) is 0 Å². The lowest BCUT2D eigenvalue weighted by Crippen LogP contribution is -2.59. The van der Waals surface area contributed by atoms with E-state index in [0.717, 1.165) is 16.7 Å². The van der Waals surface area contributed by atoms with E-state index in [1.165, 1.54) is 0 Å². The Morgan fingerprint density at radius 3 is 2.38 bits per heavy atom. The van der Waals surface area contributed by atoms with Crippen molar-refractivity contribution in [1.29, 1.82) is 0 Å². The number of carbonyl (C=O) groups is 1. The van der Waals surface area contributed by atoms with Gasteiger partial charge in [-0.05, 0) is 56.4 Å². The molecule has 1 fully saturated rings. The van der Waals surface area contributed by atoms with Crippen LogP contribution in [0, 0.1) is 19.3 Å². The summed E-state index contributed by atoms with van der Waals surface area (Å²) in [7, 11) is 0. The molecule has 6 atom stereocenters. The highest BCUT2D eigenvalue weighted by Crippen LogP contribution is 2.47. The van der Waals surface area contributed by atoms with Crippen LogP contribution in [0.15, 0.2) is 6.07 Å². The summed E-state index contributed by atoms with van der Waals surface area (Å²) >= 11 is 0. The Hall–Kier alpha value is -1.39. The lowest BCUT2D eigenvalue weighted by molar-refractivity contribution is -0.300. The van der Waals surface area contributed by atoms with Crippen LogP contribution in [0.2, 0.25) is 0 Å². The van der Waals surface area contributed by atoms with Gasteiger partial charge in [0.05, 0.1) is 24.7 Å². The Morgan fingerprint density at radius 2 is 1.76 bits per heavy atom. The highest BCUT2D eigenvalue weighted by molar-refractivity contribution is 6.06. The van der Waals surface area contributed by atoms with E-state index in [1.807, 2.05) is 19.9 Å². The molecule has 0 spiro atoms. The van der Waals surface area contributed by atoms with Crippen LogP contribution in [0.1, 0.15) is 52.6 Å². The molecule has 0 aromatic heterocycles. The number of rotatable bonds is 5. The van der Waals surface area contributed by atoms with Gasteiger partial charge in [0.2, 0.25) is 0 Å². The van der Waals surface area contributed by atoms with Crippen LogP contribution in [0.3, 0.4) is 0 Å². The van der Waals surface area contributed by atoms with Crippen molar-refractivity contribution in [2.45, 2.75) is 70.9 Å². The second kappa shape index (κ2) is 8.03. The smallest absolute Gasteiger partial charge is 0.186 e. The van der Waals surface area contributed by atoms with E-state index in [0.29, 0.717) is 17.5 Å². The summed E-state index contributed by atoms with van der Waals surface area (Å²) in [5, 5.41) is 49.5. The molecule has 5 N–H and O–H groups in total. The number of aliphatic hydroxyl groups is 5. The Labute approximate surface area is 169 Å². The van der Waals surface area contributed by atoms with E-state index < -0.39 is 48.8 Å². The fourth-order valence-corrected chi connectivity index (χ4v) is 4.27. The van der Waals surface area contributed by atoms with Crippen LogP contribution >= 0.6 is 0 Å². The molecule has 0 radical (unpaired) electrons. The predicted molar refractivity (Wildman–Crippen MR) is 102 cm³/mol. The Kier molecular flexibility index (Phi) is 6.18. The molecule has 1 aromatic carbocycles. The molecular formula is C21H30O8. The lowest BCUT2D eigenvalue weighted by atomic mass is 9.86. The van der Waals surface area contributed by atoms with Crippen LogP contribution in [0.25, 0.3) is 0 Å². The van der Waals surface area contributed by atoms with Gasteiger partial charge in [-0.3, -0.25) is 4.79 Å². The molecule has 29 heavy (non-hydrogen) atoms. The van der Waals surface area contributed by atoms with Crippen LogP contribution in [0.4, 0.5) is 0 Å². The zero-order valence-corrected chi connectivity index (χ0v) is 17.1. The maximum atomic E-state index is 12.8. The molecule has 1 aliphatic heterocycles. The van der Waals surface area contributed by atoms with E-state index in [1.54, 1.807) is 13.8 Å². The number of hydrogen-bond acceptors (Lipinski definition) is 8. The minimum absolute atomic E-state index is 0.0893. The van der Waals surface area contributed by atoms with Crippen molar-refractivity contribution < 1.29 is 39.8 Å². The summed E-state index contributed by atoms with van der Waals surface area (Å²) in [6.07, 6.45) is -7.02. The van der Waals surface area contributed by atoms with Crippen LogP contribution in [-0.2, 0) is 15.9 Å². The molecule has 8 heteroatoms. The number of ether oxygens (including phenoxy) is 2. The number of aryl methyl sites for hydroxylation is 1. The van der Waals surface area contributed by atoms with Gasteiger partial charge in [0, 0.05) is 5.56 Å². The summed E-state index contributed by atoms with van der Waals surface area (Å²) in [5.41, 5.74) is 2.96. The second-order valence-electron chi connectivity index (χ2n) is 8.53. The molecule has 0 saturated carbocycles. The first-order valence-corrected chi connectivity index (χ1v) is 9.80. The third-order valence-electron chi connectivity index (χ3n) is 6.24. The summed E-state index contributed by atoms with van der Waals surface area (Å²) in [4.78, 5) is 12.8. The van der Waals surface area contributed by atoms with Crippen molar-refractivity contribution in [2.24, 2.45) is 5.41 Å². The van der Waals surface area contributed by atoms with Gasteiger partial charge in [-0.25, -0.2) is 0 Å². The zero-order chi connectivity index (χ0) is 21.7. The van der Waals surface area contributed by atoms with E-state index in [4.69, 9.17) is 9.47 Å². The van der Waals surface area contributed by atoms with E-state index in [2.05, 4.69) is 0 Å². The number of Topliss-reactive ketones (excluding diaryl/α,β-unsaturated/α-hetero) is 1. The van der Waals surface area contributed by atoms with E-state index in [-0.39, 0.29) is 12.4 Å². The monoisotopic (exact) mass is 410 g/mol. The van der Waals surface area contributed by atoms with Crippen molar-refractivity contribution >= 4 is 5.78 Å². The first-order valence-electron chi connectivity index (χ1n) is 9.80. The van der Waals surface area contributed by atoms with E-state index >= 15 is 0 Å². The molecule has 0 unspecified atom stereocenters.